The average molecular weight is 629 g/mol. The van der Waals surface area contributed by atoms with Gasteiger partial charge in [0.1, 0.15) is 27.4 Å². The van der Waals surface area contributed by atoms with Crippen molar-refractivity contribution in [3.63, 3.8) is 0 Å². The van der Waals surface area contributed by atoms with Crippen LogP contribution in [-0.4, -0.2) is 66.9 Å². The zero-order valence-corrected chi connectivity index (χ0v) is 25.8. The van der Waals surface area contributed by atoms with Gasteiger partial charge in [-0.3, -0.25) is 14.4 Å². The van der Waals surface area contributed by atoms with Crippen molar-refractivity contribution in [2.75, 3.05) is 6.54 Å². The summed E-state index contributed by atoms with van der Waals surface area (Å²) in [6.45, 7) is 5.52. The summed E-state index contributed by atoms with van der Waals surface area (Å²) >= 11 is 6.71. The second-order valence-electron chi connectivity index (χ2n) is 11.7. The molecular formula is C27H37ClN4O7S2. The first-order chi connectivity index (χ1) is 19.2. The summed E-state index contributed by atoms with van der Waals surface area (Å²) in [5.41, 5.74) is -2.21. The molecule has 3 heterocycles. The number of fused-ring (bicyclic) bond motifs is 2. The van der Waals surface area contributed by atoms with Crippen molar-refractivity contribution in [3.05, 3.63) is 28.6 Å². The number of sulfonamides is 1. The topological polar surface area (TPSA) is 151 Å². The maximum atomic E-state index is 13.7. The molecule has 1 saturated carbocycles. The van der Waals surface area contributed by atoms with Gasteiger partial charge >= 0.3 is 6.09 Å². The number of carbonyl (C=O) groups is 4. The zero-order valence-electron chi connectivity index (χ0n) is 23.4. The number of halogens is 1. The Morgan fingerprint density at radius 1 is 1.15 bits per heavy atom. The number of carbonyl (C=O) groups excluding carboxylic acids is 4. The van der Waals surface area contributed by atoms with Crippen LogP contribution in [0, 0.1) is 5.92 Å². The third-order valence-electron chi connectivity index (χ3n) is 7.37. The summed E-state index contributed by atoms with van der Waals surface area (Å²) in [4.78, 5) is 54.7. The molecule has 1 aromatic heterocycles. The number of nitrogens with zero attached hydrogens (tertiary/aromatic N) is 1. The van der Waals surface area contributed by atoms with Crippen LogP contribution in [0.5, 0.6) is 0 Å². The number of hydrogen-bond donors (Lipinski definition) is 3. The summed E-state index contributed by atoms with van der Waals surface area (Å²) in [6, 6.07) is 1.00. The lowest BCUT2D eigenvalue weighted by Crippen LogP contribution is -2.58. The smallest absolute Gasteiger partial charge is 0.408 e. The van der Waals surface area contributed by atoms with Crippen molar-refractivity contribution in [2.24, 2.45) is 5.92 Å². The first kappa shape index (κ1) is 31.3. The van der Waals surface area contributed by atoms with Crippen molar-refractivity contribution in [3.8, 4) is 0 Å². The van der Waals surface area contributed by atoms with Gasteiger partial charge in [0.2, 0.25) is 11.8 Å². The molecule has 41 heavy (non-hydrogen) atoms. The first-order valence-electron chi connectivity index (χ1n) is 13.8. The lowest BCUT2D eigenvalue weighted by Gasteiger charge is -2.30. The van der Waals surface area contributed by atoms with Crippen LogP contribution in [0.1, 0.15) is 72.1 Å². The van der Waals surface area contributed by atoms with Crippen molar-refractivity contribution in [1.82, 2.24) is 20.3 Å². The highest BCUT2D eigenvalue weighted by molar-refractivity contribution is 7.92. The Bertz CT molecular complexity index is 1320. The van der Waals surface area contributed by atoms with E-state index in [2.05, 4.69) is 15.4 Å². The molecule has 3 N–H and O–H groups in total. The summed E-state index contributed by atoms with van der Waals surface area (Å²) < 4.78 is 33.4. The van der Waals surface area contributed by atoms with E-state index in [9.17, 15) is 27.6 Å². The van der Waals surface area contributed by atoms with Crippen LogP contribution in [0.25, 0.3) is 0 Å². The molecule has 226 valence electrons. The highest BCUT2D eigenvalue weighted by Crippen LogP contribution is 2.46. The van der Waals surface area contributed by atoms with Crippen molar-refractivity contribution >= 4 is 56.8 Å². The summed E-state index contributed by atoms with van der Waals surface area (Å²) in [7, 11) is -4.20. The van der Waals surface area contributed by atoms with Gasteiger partial charge in [0.05, 0.1) is 4.34 Å². The van der Waals surface area contributed by atoms with Crippen LogP contribution in [0.4, 0.5) is 4.79 Å². The lowest BCUT2D eigenvalue weighted by atomic mass is 10.0. The van der Waals surface area contributed by atoms with Gasteiger partial charge in [0.25, 0.3) is 15.9 Å². The number of rotatable bonds is 4. The molecule has 4 atom stereocenters. The average Bonchev–Trinajstić information content (AvgIpc) is 3.19. The Morgan fingerprint density at radius 2 is 1.90 bits per heavy atom. The molecule has 0 radical (unpaired) electrons. The Balaban J connectivity index is 1.56. The van der Waals surface area contributed by atoms with Gasteiger partial charge in [-0.2, -0.15) is 0 Å². The molecule has 14 heteroatoms. The molecule has 1 aliphatic carbocycles. The van der Waals surface area contributed by atoms with Crippen LogP contribution >= 0.6 is 22.9 Å². The fourth-order valence-corrected chi connectivity index (χ4v) is 7.77. The second-order valence-corrected chi connectivity index (χ2v) is 15.3. The fourth-order valence-electron chi connectivity index (χ4n) is 5.25. The highest BCUT2D eigenvalue weighted by Gasteiger charge is 2.61. The minimum Gasteiger partial charge on any atom is -0.444 e. The van der Waals surface area contributed by atoms with E-state index in [1.165, 1.54) is 17.0 Å². The molecule has 2 fully saturated rings. The zero-order chi connectivity index (χ0) is 30.0. The Labute approximate surface area is 249 Å². The number of hydrogen-bond acceptors (Lipinski definition) is 8. The number of thiophene rings is 1. The first-order valence-corrected chi connectivity index (χ1v) is 16.5. The van der Waals surface area contributed by atoms with Crippen molar-refractivity contribution < 1.29 is 32.3 Å². The Morgan fingerprint density at radius 3 is 2.59 bits per heavy atom. The second kappa shape index (κ2) is 12.3. The van der Waals surface area contributed by atoms with E-state index >= 15 is 0 Å². The van der Waals surface area contributed by atoms with Crippen LogP contribution in [0.15, 0.2) is 28.5 Å². The highest BCUT2D eigenvalue weighted by atomic mass is 35.5. The van der Waals surface area contributed by atoms with E-state index in [1.807, 2.05) is 12.2 Å². The van der Waals surface area contributed by atoms with E-state index in [1.54, 1.807) is 20.8 Å². The third-order valence-corrected chi connectivity index (χ3v) is 10.4. The normalized spacial score (nSPS) is 28.3. The predicted octanol–water partition coefficient (Wildman–Crippen LogP) is 3.49. The Kier molecular flexibility index (Phi) is 9.39. The monoisotopic (exact) mass is 628 g/mol. The van der Waals surface area contributed by atoms with Crippen LogP contribution in [0.2, 0.25) is 4.34 Å². The maximum absolute atomic E-state index is 13.7. The summed E-state index contributed by atoms with van der Waals surface area (Å²) in [5, 5.41) is 5.49. The molecule has 0 aromatic carbocycles. The maximum Gasteiger partial charge on any atom is 0.408 e. The molecule has 2 aliphatic heterocycles. The van der Waals surface area contributed by atoms with Crippen LogP contribution in [0.3, 0.4) is 0 Å². The van der Waals surface area contributed by atoms with E-state index in [-0.39, 0.29) is 20.9 Å². The molecule has 1 aromatic rings. The van der Waals surface area contributed by atoms with Gasteiger partial charge in [0, 0.05) is 12.5 Å². The number of amides is 4. The van der Waals surface area contributed by atoms with Gasteiger partial charge < -0.3 is 20.3 Å². The molecule has 0 spiro atoms. The number of nitrogens with one attached hydrogen (secondary N) is 3. The third kappa shape index (κ3) is 7.61. The summed E-state index contributed by atoms with van der Waals surface area (Å²) in [6.07, 6.45) is 7.66. The molecule has 1 saturated heterocycles. The molecule has 0 unspecified atom stereocenters. The van der Waals surface area contributed by atoms with E-state index in [0.717, 1.165) is 24.2 Å². The Hall–Kier alpha value is -2.64. The van der Waals surface area contributed by atoms with Gasteiger partial charge in [-0.1, -0.05) is 36.6 Å². The predicted molar refractivity (Wildman–Crippen MR) is 154 cm³/mol. The number of alkyl carbamates (subject to hydrolysis) is 1. The van der Waals surface area contributed by atoms with Crippen molar-refractivity contribution in [1.29, 1.82) is 0 Å². The minimum atomic E-state index is -4.20. The SMILES string of the molecule is CC(C)(C)OC(=O)N[C@H]1CCCCC/C=C\[C@H]2C[C@@]2(C(=O)NS(=O)(=O)c2ccc(Cl)s2)NC(=O)[C@@H]2CCCN2C1=O. The number of ether oxygens (including phenoxy) is 1. The molecule has 11 nitrogen and oxygen atoms in total. The largest absolute Gasteiger partial charge is 0.444 e. The fraction of sp³-hybridized carbons (Fsp3) is 0.630. The quantitative estimate of drug-likeness (QED) is 0.432. The summed E-state index contributed by atoms with van der Waals surface area (Å²) in [5.74, 6) is -2.16. The standard InChI is InChI=1S/C27H37ClN4O7S2/c1-26(2,3)39-25(36)29-18-11-8-6-4-5-7-10-17-16-27(17,30-22(33)19-12-9-15-32(19)23(18)34)24(35)31-41(37,38)21-14-13-20(28)40-21/h7,10,13-14,17-19H,4-6,8-9,11-12,15-16H2,1-3H3,(H,29,36)(H,30,33)(H,31,35)/b10-7-/t17-,18-,19-,27+/m0/s1. The molecular weight excluding hydrogens is 592 g/mol. The van der Waals surface area contributed by atoms with Gasteiger partial charge in [-0.25, -0.2) is 17.9 Å². The lowest BCUT2D eigenvalue weighted by molar-refractivity contribution is -0.141. The van der Waals surface area contributed by atoms with Gasteiger partial charge in [-0.05, 0) is 71.4 Å². The van der Waals surface area contributed by atoms with E-state index in [4.69, 9.17) is 16.3 Å². The van der Waals surface area contributed by atoms with Gasteiger partial charge in [0.15, 0.2) is 0 Å². The molecule has 0 bridgehead atoms. The van der Waals surface area contributed by atoms with Crippen LogP contribution in [-0.2, 0) is 29.1 Å². The van der Waals surface area contributed by atoms with E-state index in [0.29, 0.717) is 38.6 Å². The van der Waals surface area contributed by atoms with Gasteiger partial charge in [-0.15, -0.1) is 11.3 Å². The molecule has 4 rings (SSSR count). The molecule has 3 aliphatic rings. The van der Waals surface area contributed by atoms with Crippen molar-refractivity contribution in [2.45, 2.75) is 99.6 Å². The van der Waals surface area contributed by atoms with Crippen LogP contribution < -0.4 is 15.4 Å². The molecule has 4 amide bonds. The van der Waals surface area contributed by atoms with E-state index < -0.39 is 57.1 Å². The minimum absolute atomic E-state index is 0.112. The number of allylic oxidation sites excluding steroid dienone is 1.